The third-order valence-corrected chi connectivity index (χ3v) is 5.61. The molecule has 0 fully saturated rings. The van der Waals surface area contributed by atoms with Crippen LogP contribution in [0.5, 0.6) is 11.5 Å². The van der Waals surface area contributed by atoms with Gasteiger partial charge in [0.15, 0.2) is 17.2 Å². The molecule has 0 saturated heterocycles. The van der Waals surface area contributed by atoms with Crippen LogP contribution in [0, 0.1) is 0 Å². The summed E-state index contributed by atoms with van der Waals surface area (Å²) in [6.07, 6.45) is 1.52. The second kappa shape index (κ2) is 8.45. The average Bonchev–Trinajstić information content (AvgIpc) is 3.16. The van der Waals surface area contributed by atoms with Gasteiger partial charge in [0, 0.05) is 5.56 Å². The van der Waals surface area contributed by atoms with Crippen molar-refractivity contribution in [3.63, 3.8) is 0 Å². The molecule has 1 heterocycles. The smallest absolute Gasteiger partial charge is 0.363 e. The SMILES string of the molecule is COc1cc(/C=C2/N=C(c3ccccc3)OC2=O)ccc1OS(=O)(=O)c1ccccc1. The van der Waals surface area contributed by atoms with Crippen molar-refractivity contribution in [3.8, 4) is 11.5 Å². The summed E-state index contributed by atoms with van der Waals surface area (Å²) in [5.41, 5.74) is 1.37. The van der Waals surface area contributed by atoms with Gasteiger partial charge in [-0.1, -0.05) is 42.5 Å². The summed E-state index contributed by atoms with van der Waals surface area (Å²) in [5.74, 6) is -0.147. The van der Waals surface area contributed by atoms with Crippen LogP contribution in [0.4, 0.5) is 0 Å². The minimum Gasteiger partial charge on any atom is -0.493 e. The Morgan fingerprint density at radius 3 is 2.26 bits per heavy atom. The number of esters is 1. The largest absolute Gasteiger partial charge is 0.493 e. The zero-order chi connectivity index (χ0) is 21.8. The Morgan fingerprint density at radius 2 is 1.58 bits per heavy atom. The van der Waals surface area contributed by atoms with Crippen LogP contribution in [0.25, 0.3) is 6.08 Å². The molecule has 0 spiro atoms. The highest BCUT2D eigenvalue weighted by molar-refractivity contribution is 7.87. The number of carbonyl (C=O) groups excluding carboxylic acids is 1. The molecule has 0 amide bonds. The van der Waals surface area contributed by atoms with Gasteiger partial charge in [-0.15, -0.1) is 0 Å². The number of benzene rings is 3. The first-order chi connectivity index (χ1) is 15.0. The van der Waals surface area contributed by atoms with Gasteiger partial charge in [-0.3, -0.25) is 0 Å². The van der Waals surface area contributed by atoms with E-state index >= 15 is 0 Å². The third-order valence-electron chi connectivity index (χ3n) is 4.36. The zero-order valence-corrected chi connectivity index (χ0v) is 17.2. The lowest BCUT2D eigenvalue weighted by Gasteiger charge is -2.11. The second-order valence-electron chi connectivity index (χ2n) is 6.46. The predicted molar refractivity (Wildman–Crippen MR) is 114 cm³/mol. The first-order valence-corrected chi connectivity index (χ1v) is 10.6. The summed E-state index contributed by atoms with van der Waals surface area (Å²) in [4.78, 5) is 16.5. The van der Waals surface area contributed by atoms with Crippen LogP contribution in [0.3, 0.4) is 0 Å². The molecule has 8 heteroatoms. The Bertz CT molecular complexity index is 1280. The molecule has 0 saturated carbocycles. The van der Waals surface area contributed by atoms with Gasteiger partial charge in [-0.05, 0) is 48.0 Å². The van der Waals surface area contributed by atoms with Gasteiger partial charge in [0.2, 0.25) is 5.90 Å². The first-order valence-electron chi connectivity index (χ1n) is 9.22. The summed E-state index contributed by atoms with van der Waals surface area (Å²) in [7, 11) is -2.63. The number of rotatable bonds is 6. The number of cyclic esters (lactones) is 1. The minimum atomic E-state index is -4.02. The highest BCUT2D eigenvalue weighted by Crippen LogP contribution is 2.32. The fourth-order valence-corrected chi connectivity index (χ4v) is 3.83. The summed E-state index contributed by atoms with van der Waals surface area (Å²) >= 11 is 0. The topological polar surface area (TPSA) is 91.3 Å². The van der Waals surface area contributed by atoms with Crippen molar-refractivity contribution in [3.05, 3.63) is 95.7 Å². The Balaban J connectivity index is 1.61. The van der Waals surface area contributed by atoms with E-state index in [9.17, 15) is 13.2 Å². The minimum absolute atomic E-state index is 0.0241. The van der Waals surface area contributed by atoms with E-state index in [0.29, 0.717) is 11.1 Å². The maximum absolute atomic E-state index is 12.5. The maximum atomic E-state index is 12.5. The van der Waals surface area contributed by atoms with Gasteiger partial charge in [0.25, 0.3) is 0 Å². The number of ether oxygens (including phenoxy) is 2. The summed E-state index contributed by atoms with van der Waals surface area (Å²) in [6, 6.07) is 21.5. The molecule has 0 bridgehead atoms. The van der Waals surface area contributed by atoms with Crippen LogP contribution >= 0.6 is 0 Å². The molecule has 0 atom stereocenters. The fraction of sp³-hybridized carbons (Fsp3) is 0.0435. The molecular formula is C23H17NO6S. The van der Waals surface area contributed by atoms with E-state index in [1.54, 1.807) is 42.5 Å². The average molecular weight is 435 g/mol. The van der Waals surface area contributed by atoms with Gasteiger partial charge in [0.05, 0.1) is 7.11 Å². The van der Waals surface area contributed by atoms with E-state index in [1.165, 1.54) is 31.4 Å². The number of methoxy groups -OCH3 is 1. The Labute approximate surface area is 179 Å². The van der Waals surface area contributed by atoms with Gasteiger partial charge >= 0.3 is 16.1 Å². The van der Waals surface area contributed by atoms with Crippen LogP contribution < -0.4 is 8.92 Å². The lowest BCUT2D eigenvalue weighted by Crippen LogP contribution is -2.10. The molecule has 0 aliphatic carbocycles. The van der Waals surface area contributed by atoms with E-state index in [1.807, 2.05) is 18.2 Å². The lowest BCUT2D eigenvalue weighted by molar-refractivity contribution is -0.129. The molecule has 7 nitrogen and oxygen atoms in total. The van der Waals surface area contributed by atoms with Crippen LogP contribution in [-0.2, 0) is 19.6 Å². The molecule has 0 radical (unpaired) electrons. The summed E-state index contributed by atoms with van der Waals surface area (Å²) in [5, 5.41) is 0. The van der Waals surface area contributed by atoms with Gasteiger partial charge in [0.1, 0.15) is 4.90 Å². The van der Waals surface area contributed by atoms with E-state index in [-0.39, 0.29) is 28.0 Å². The van der Waals surface area contributed by atoms with Crippen molar-refractivity contribution in [1.29, 1.82) is 0 Å². The fourth-order valence-electron chi connectivity index (χ4n) is 2.87. The third kappa shape index (κ3) is 4.49. The number of nitrogens with zero attached hydrogens (tertiary/aromatic N) is 1. The molecule has 1 aliphatic heterocycles. The highest BCUT2D eigenvalue weighted by Gasteiger charge is 2.24. The van der Waals surface area contributed by atoms with Crippen LogP contribution in [0.2, 0.25) is 0 Å². The van der Waals surface area contributed by atoms with Crippen molar-refractivity contribution in [2.24, 2.45) is 4.99 Å². The van der Waals surface area contributed by atoms with E-state index in [0.717, 1.165) is 0 Å². The van der Waals surface area contributed by atoms with Crippen LogP contribution in [0.15, 0.2) is 94.4 Å². The van der Waals surface area contributed by atoms with Crippen molar-refractivity contribution >= 4 is 28.1 Å². The van der Waals surface area contributed by atoms with Gasteiger partial charge in [-0.25, -0.2) is 9.79 Å². The summed E-state index contributed by atoms with van der Waals surface area (Å²) in [6.45, 7) is 0. The van der Waals surface area contributed by atoms with Crippen molar-refractivity contribution < 1.29 is 26.9 Å². The summed E-state index contributed by atoms with van der Waals surface area (Å²) < 4.78 is 40.7. The molecule has 0 unspecified atom stereocenters. The number of carbonyl (C=O) groups is 1. The van der Waals surface area contributed by atoms with Crippen molar-refractivity contribution in [1.82, 2.24) is 0 Å². The Hall–Kier alpha value is -3.91. The van der Waals surface area contributed by atoms with Gasteiger partial charge < -0.3 is 13.7 Å². The van der Waals surface area contributed by atoms with E-state index < -0.39 is 16.1 Å². The number of hydrogen-bond acceptors (Lipinski definition) is 7. The van der Waals surface area contributed by atoms with E-state index in [4.69, 9.17) is 13.7 Å². The first kappa shape index (κ1) is 20.4. The highest BCUT2D eigenvalue weighted by atomic mass is 32.2. The monoisotopic (exact) mass is 435 g/mol. The normalized spacial score (nSPS) is 14.8. The molecule has 156 valence electrons. The zero-order valence-electron chi connectivity index (χ0n) is 16.4. The quantitative estimate of drug-likeness (QED) is 0.332. The second-order valence-corrected chi connectivity index (χ2v) is 8.01. The Morgan fingerprint density at radius 1 is 0.903 bits per heavy atom. The molecule has 0 N–H and O–H groups in total. The van der Waals surface area contributed by atoms with E-state index in [2.05, 4.69) is 4.99 Å². The van der Waals surface area contributed by atoms with Gasteiger partial charge in [-0.2, -0.15) is 8.42 Å². The number of hydrogen-bond donors (Lipinski definition) is 0. The molecule has 3 aromatic rings. The molecule has 3 aromatic carbocycles. The predicted octanol–water partition coefficient (Wildman–Crippen LogP) is 3.81. The lowest BCUT2D eigenvalue weighted by atomic mass is 10.1. The Kier molecular flexibility index (Phi) is 5.55. The molecule has 0 aromatic heterocycles. The maximum Gasteiger partial charge on any atom is 0.363 e. The van der Waals surface area contributed by atoms with Crippen molar-refractivity contribution in [2.45, 2.75) is 4.90 Å². The van der Waals surface area contributed by atoms with Crippen molar-refractivity contribution in [2.75, 3.05) is 7.11 Å². The standard InChI is InChI=1S/C23H17NO6S/c1-28-21-15-16(12-13-20(21)30-31(26,27)18-10-6-3-7-11-18)14-19-23(25)29-22(24-19)17-8-4-2-5-9-17/h2-15H,1H3/b19-14+. The molecule has 4 rings (SSSR count). The molecule has 1 aliphatic rings. The number of aliphatic imine (C=N–C) groups is 1. The van der Waals surface area contributed by atoms with Crippen LogP contribution in [0.1, 0.15) is 11.1 Å². The van der Waals surface area contributed by atoms with Crippen LogP contribution in [-0.4, -0.2) is 27.4 Å². The molecular weight excluding hydrogens is 418 g/mol. The molecule has 31 heavy (non-hydrogen) atoms.